The Morgan fingerprint density at radius 1 is 1.14 bits per heavy atom. The zero-order chi connectivity index (χ0) is 20.3. The number of nitrogens with zero attached hydrogens (tertiary/aromatic N) is 2. The molecule has 0 atom stereocenters. The highest BCUT2D eigenvalue weighted by Gasteiger charge is 2.14. The third-order valence-corrected chi connectivity index (χ3v) is 5.40. The van der Waals surface area contributed by atoms with E-state index in [0.29, 0.717) is 16.8 Å². The number of carbonyl (C=O) groups is 1. The Labute approximate surface area is 163 Å². The normalized spacial score (nSPS) is 11.2. The lowest BCUT2D eigenvalue weighted by Crippen LogP contribution is -2.24. The van der Waals surface area contributed by atoms with Gasteiger partial charge >= 0.3 is 0 Å². The number of aromatic nitrogens is 2. The lowest BCUT2D eigenvalue weighted by atomic mass is 10.1. The summed E-state index contributed by atoms with van der Waals surface area (Å²) in [5, 5.41) is 7.23. The van der Waals surface area contributed by atoms with Crippen LogP contribution in [-0.4, -0.2) is 37.5 Å². The summed E-state index contributed by atoms with van der Waals surface area (Å²) in [5.74, 6) is 0.414. The molecule has 0 saturated carbocycles. The van der Waals surface area contributed by atoms with Crippen molar-refractivity contribution in [3.05, 3.63) is 71.5 Å². The molecule has 0 radical (unpaired) electrons. The molecule has 0 aliphatic carbocycles. The Morgan fingerprint density at radius 3 is 2.50 bits per heavy atom. The lowest BCUT2D eigenvalue weighted by Gasteiger charge is -2.08. The molecular formula is C20H21N3O4S. The van der Waals surface area contributed by atoms with Gasteiger partial charge in [0.25, 0.3) is 5.91 Å². The van der Waals surface area contributed by atoms with Crippen molar-refractivity contribution in [1.29, 1.82) is 0 Å². The predicted molar refractivity (Wildman–Crippen MR) is 106 cm³/mol. The highest BCUT2D eigenvalue weighted by atomic mass is 32.2. The van der Waals surface area contributed by atoms with Crippen LogP contribution in [0.1, 0.15) is 21.6 Å². The van der Waals surface area contributed by atoms with Crippen LogP contribution in [-0.2, 0) is 16.4 Å². The molecule has 8 heteroatoms. The number of hydrogen-bond acceptors (Lipinski definition) is 5. The van der Waals surface area contributed by atoms with Crippen LogP contribution in [0, 0.1) is 6.92 Å². The SMILES string of the molecule is COc1ccc(-n2ccc(CNC(=O)c3cc(S(C)(=O)=O)ccc3C)n2)cc1. The van der Waals surface area contributed by atoms with E-state index >= 15 is 0 Å². The van der Waals surface area contributed by atoms with E-state index in [2.05, 4.69) is 10.4 Å². The molecule has 1 N–H and O–H groups in total. The van der Waals surface area contributed by atoms with Crippen molar-refractivity contribution in [2.24, 2.45) is 0 Å². The van der Waals surface area contributed by atoms with Crippen LogP contribution in [0.5, 0.6) is 5.75 Å². The van der Waals surface area contributed by atoms with E-state index in [1.807, 2.05) is 30.3 Å². The molecule has 0 unspecified atom stereocenters. The fourth-order valence-corrected chi connectivity index (χ4v) is 3.32. The first-order chi connectivity index (χ1) is 13.3. The summed E-state index contributed by atoms with van der Waals surface area (Å²) in [6.07, 6.45) is 2.92. The minimum atomic E-state index is -3.38. The van der Waals surface area contributed by atoms with Gasteiger partial charge in [-0.15, -0.1) is 0 Å². The second-order valence-electron chi connectivity index (χ2n) is 6.38. The summed E-state index contributed by atoms with van der Waals surface area (Å²) in [6.45, 7) is 1.99. The molecule has 0 saturated heterocycles. The first-order valence-electron chi connectivity index (χ1n) is 8.56. The molecule has 28 heavy (non-hydrogen) atoms. The zero-order valence-electron chi connectivity index (χ0n) is 15.8. The van der Waals surface area contributed by atoms with E-state index < -0.39 is 9.84 Å². The molecule has 146 valence electrons. The fourth-order valence-electron chi connectivity index (χ4n) is 2.68. The zero-order valence-corrected chi connectivity index (χ0v) is 16.7. The van der Waals surface area contributed by atoms with Crippen LogP contribution < -0.4 is 10.1 Å². The number of aryl methyl sites for hydroxylation is 1. The summed E-state index contributed by atoms with van der Waals surface area (Å²) in [5.41, 5.74) is 2.59. The van der Waals surface area contributed by atoms with Crippen molar-refractivity contribution >= 4 is 15.7 Å². The maximum atomic E-state index is 12.5. The van der Waals surface area contributed by atoms with E-state index in [0.717, 1.165) is 17.7 Å². The quantitative estimate of drug-likeness (QED) is 0.688. The largest absolute Gasteiger partial charge is 0.497 e. The average Bonchev–Trinajstić information content (AvgIpc) is 3.14. The smallest absolute Gasteiger partial charge is 0.251 e. The topological polar surface area (TPSA) is 90.3 Å². The van der Waals surface area contributed by atoms with Gasteiger partial charge in [-0.1, -0.05) is 6.07 Å². The fraction of sp³-hybridized carbons (Fsp3) is 0.200. The molecule has 0 fully saturated rings. The first-order valence-corrected chi connectivity index (χ1v) is 10.4. The third kappa shape index (κ3) is 4.40. The number of rotatable bonds is 6. The van der Waals surface area contributed by atoms with Gasteiger partial charge in [-0.25, -0.2) is 13.1 Å². The van der Waals surface area contributed by atoms with Gasteiger partial charge in [0.1, 0.15) is 5.75 Å². The summed E-state index contributed by atoms with van der Waals surface area (Å²) < 4.78 is 30.3. The van der Waals surface area contributed by atoms with Gasteiger partial charge in [-0.05, 0) is 55.0 Å². The monoisotopic (exact) mass is 399 g/mol. The molecule has 0 aliphatic heterocycles. The van der Waals surface area contributed by atoms with Crippen molar-refractivity contribution < 1.29 is 17.9 Å². The van der Waals surface area contributed by atoms with Gasteiger partial charge in [0.15, 0.2) is 9.84 Å². The Kier molecular flexibility index (Phi) is 5.51. The number of benzene rings is 2. The van der Waals surface area contributed by atoms with Gasteiger partial charge in [-0.3, -0.25) is 4.79 Å². The van der Waals surface area contributed by atoms with Crippen molar-refractivity contribution in [3.8, 4) is 11.4 Å². The number of hydrogen-bond donors (Lipinski definition) is 1. The molecule has 0 spiro atoms. The minimum absolute atomic E-state index is 0.118. The van der Waals surface area contributed by atoms with Crippen LogP contribution in [0.3, 0.4) is 0 Å². The number of amides is 1. The second kappa shape index (κ2) is 7.85. The molecule has 0 aliphatic rings. The standard InChI is InChI=1S/C20H21N3O4S/c1-14-4-9-18(28(3,25)26)12-19(14)20(24)21-13-15-10-11-23(22-15)16-5-7-17(27-2)8-6-16/h4-12H,13H2,1-3H3,(H,21,24). The van der Waals surface area contributed by atoms with Crippen molar-refractivity contribution in [2.45, 2.75) is 18.4 Å². The van der Waals surface area contributed by atoms with Gasteiger partial charge in [0, 0.05) is 18.0 Å². The number of sulfone groups is 1. The molecule has 2 aromatic carbocycles. The number of nitrogens with one attached hydrogen (secondary N) is 1. The van der Waals surface area contributed by atoms with Crippen LogP contribution in [0.25, 0.3) is 5.69 Å². The van der Waals surface area contributed by atoms with Gasteiger partial charge in [-0.2, -0.15) is 5.10 Å². The van der Waals surface area contributed by atoms with Gasteiger partial charge < -0.3 is 10.1 Å². The van der Waals surface area contributed by atoms with E-state index in [1.165, 1.54) is 12.1 Å². The van der Waals surface area contributed by atoms with E-state index in [1.54, 1.807) is 31.0 Å². The Morgan fingerprint density at radius 2 is 1.86 bits per heavy atom. The van der Waals surface area contributed by atoms with Crippen LogP contribution in [0.2, 0.25) is 0 Å². The Balaban J connectivity index is 1.71. The number of ether oxygens (including phenoxy) is 1. The van der Waals surface area contributed by atoms with E-state index in [9.17, 15) is 13.2 Å². The molecule has 1 heterocycles. The number of methoxy groups -OCH3 is 1. The minimum Gasteiger partial charge on any atom is -0.497 e. The lowest BCUT2D eigenvalue weighted by molar-refractivity contribution is 0.0949. The van der Waals surface area contributed by atoms with Gasteiger partial charge in [0.05, 0.1) is 29.9 Å². The van der Waals surface area contributed by atoms with Gasteiger partial charge in [0.2, 0.25) is 0 Å². The molecular weight excluding hydrogens is 378 g/mol. The second-order valence-corrected chi connectivity index (χ2v) is 8.40. The molecule has 3 aromatic rings. The summed E-state index contributed by atoms with van der Waals surface area (Å²) >= 11 is 0. The molecule has 0 bridgehead atoms. The maximum absolute atomic E-state index is 12.5. The Bertz CT molecular complexity index is 1100. The first kappa shape index (κ1) is 19.6. The summed E-state index contributed by atoms with van der Waals surface area (Å²) in [7, 11) is -1.77. The Hall–Kier alpha value is -3.13. The highest BCUT2D eigenvalue weighted by molar-refractivity contribution is 7.90. The maximum Gasteiger partial charge on any atom is 0.251 e. The van der Waals surface area contributed by atoms with Crippen LogP contribution >= 0.6 is 0 Å². The molecule has 1 amide bonds. The van der Waals surface area contributed by atoms with E-state index in [4.69, 9.17) is 4.74 Å². The third-order valence-electron chi connectivity index (χ3n) is 4.29. The van der Waals surface area contributed by atoms with E-state index in [-0.39, 0.29) is 17.3 Å². The summed E-state index contributed by atoms with van der Waals surface area (Å²) in [4.78, 5) is 12.6. The average molecular weight is 399 g/mol. The highest BCUT2D eigenvalue weighted by Crippen LogP contribution is 2.16. The summed E-state index contributed by atoms with van der Waals surface area (Å²) in [6, 6.07) is 13.8. The molecule has 1 aromatic heterocycles. The number of carbonyl (C=O) groups excluding carboxylic acids is 1. The predicted octanol–water partition coefficient (Wildman–Crippen LogP) is 2.52. The molecule has 3 rings (SSSR count). The van der Waals surface area contributed by atoms with Crippen LogP contribution in [0.15, 0.2) is 59.6 Å². The van der Waals surface area contributed by atoms with Crippen LogP contribution in [0.4, 0.5) is 0 Å². The van der Waals surface area contributed by atoms with Crippen molar-refractivity contribution in [2.75, 3.05) is 13.4 Å². The van der Waals surface area contributed by atoms with Crippen molar-refractivity contribution in [1.82, 2.24) is 15.1 Å². The van der Waals surface area contributed by atoms with Crippen molar-refractivity contribution in [3.63, 3.8) is 0 Å². The molecule has 7 nitrogen and oxygen atoms in total.